The van der Waals surface area contributed by atoms with Gasteiger partial charge in [-0.05, 0) is 24.6 Å². The molecule has 0 atom stereocenters. The van der Waals surface area contributed by atoms with Crippen LogP contribution in [-0.4, -0.2) is 27.5 Å². The number of hydrogen-bond donors (Lipinski definition) is 1. The Hall–Kier alpha value is -1.44. The summed E-state index contributed by atoms with van der Waals surface area (Å²) >= 11 is 0. The van der Waals surface area contributed by atoms with Gasteiger partial charge in [-0.25, -0.2) is 8.42 Å². The van der Waals surface area contributed by atoms with Crippen molar-refractivity contribution in [2.24, 2.45) is 0 Å². The molecule has 0 spiro atoms. The van der Waals surface area contributed by atoms with E-state index in [1.54, 1.807) is 0 Å². The van der Waals surface area contributed by atoms with Crippen molar-refractivity contribution in [1.29, 1.82) is 0 Å². The molecule has 1 aromatic carbocycles. The predicted molar refractivity (Wildman–Crippen MR) is 64.7 cm³/mol. The first-order chi connectivity index (χ1) is 8.59. The van der Waals surface area contributed by atoms with E-state index >= 15 is 0 Å². The SMILES string of the molecule is CS(=O)(=O)c1ccc(OCCCC(F)(F)F)c(N)c1. The lowest BCUT2D eigenvalue weighted by atomic mass is 10.3. The maximum atomic E-state index is 11.9. The molecule has 0 aliphatic carbocycles. The summed E-state index contributed by atoms with van der Waals surface area (Å²) < 4.78 is 63.3. The Morgan fingerprint density at radius 3 is 2.42 bits per heavy atom. The molecule has 1 rings (SSSR count). The standard InChI is InChI=1S/C11H14F3NO3S/c1-19(16,17)8-3-4-10(9(15)7-8)18-6-2-5-11(12,13)14/h3-4,7H,2,5-6,15H2,1H3. The summed E-state index contributed by atoms with van der Waals surface area (Å²) in [5, 5.41) is 0. The molecular formula is C11H14F3NO3S. The number of alkyl halides is 3. The quantitative estimate of drug-likeness (QED) is 0.669. The minimum atomic E-state index is -4.21. The number of ether oxygens (including phenoxy) is 1. The Bertz CT molecular complexity index is 541. The van der Waals surface area contributed by atoms with Crippen LogP contribution in [0.1, 0.15) is 12.8 Å². The molecule has 8 heteroatoms. The van der Waals surface area contributed by atoms with Crippen molar-refractivity contribution in [3.8, 4) is 5.75 Å². The Morgan fingerprint density at radius 1 is 1.32 bits per heavy atom. The van der Waals surface area contributed by atoms with Crippen LogP contribution in [0.15, 0.2) is 23.1 Å². The molecule has 2 N–H and O–H groups in total. The van der Waals surface area contributed by atoms with Crippen molar-refractivity contribution in [3.63, 3.8) is 0 Å². The second-order valence-corrected chi connectivity index (χ2v) is 6.05. The van der Waals surface area contributed by atoms with E-state index in [0.29, 0.717) is 0 Å². The van der Waals surface area contributed by atoms with Crippen molar-refractivity contribution in [1.82, 2.24) is 0 Å². The number of anilines is 1. The van der Waals surface area contributed by atoms with Gasteiger partial charge in [0, 0.05) is 12.7 Å². The second-order valence-electron chi connectivity index (χ2n) is 4.04. The molecular weight excluding hydrogens is 283 g/mol. The van der Waals surface area contributed by atoms with Crippen molar-refractivity contribution < 1.29 is 26.3 Å². The van der Waals surface area contributed by atoms with E-state index in [0.717, 1.165) is 6.26 Å². The fourth-order valence-corrected chi connectivity index (χ4v) is 2.00. The zero-order valence-corrected chi connectivity index (χ0v) is 11.0. The molecule has 0 aliphatic rings. The minimum absolute atomic E-state index is 0.0349. The van der Waals surface area contributed by atoms with Crippen LogP contribution in [0.25, 0.3) is 0 Å². The number of benzene rings is 1. The van der Waals surface area contributed by atoms with Gasteiger partial charge in [0.05, 0.1) is 17.2 Å². The normalized spacial score (nSPS) is 12.4. The topological polar surface area (TPSA) is 69.4 Å². The summed E-state index contributed by atoms with van der Waals surface area (Å²) in [5.41, 5.74) is 5.65. The zero-order chi connectivity index (χ0) is 14.7. The summed E-state index contributed by atoms with van der Waals surface area (Å²) in [6.07, 6.45) is -4.30. The average Bonchev–Trinajstić information content (AvgIpc) is 2.23. The molecule has 4 nitrogen and oxygen atoms in total. The van der Waals surface area contributed by atoms with E-state index in [-0.39, 0.29) is 29.4 Å². The summed E-state index contributed by atoms with van der Waals surface area (Å²) in [4.78, 5) is 0.0349. The highest BCUT2D eigenvalue weighted by molar-refractivity contribution is 7.90. The van der Waals surface area contributed by atoms with Gasteiger partial charge < -0.3 is 10.5 Å². The van der Waals surface area contributed by atoms with Gasteiger partial charge in [-0.1, -0.05) is 0 Å². The highest BCUT2D eigenvalue weighted by atomic mass is 32.2. The number of rotatable bonds is 5. The van der Waals surface area contributed by atoms with E-state index in [4.69, 9.17) is 10.5 Å². The van der Waals surface area contributed by atoms with E-state index < -0.39 is 22.4 Å². The van der Waals surface area contributed by atoms with Crippen molar-refractivity contribution in [3.05, 3.63) is 18.2 Å². The Kier molecular flexibility index (Phi) is 4.67. The third kappa shape index (κ3) is 5.37. The summed E-state index contributed by atoms with van der Waals surface area (Å²) in [5.74, 6) is 0.176. The molecule has 0 saturated heterocycles. The minimum Gasteiger partial charge on any atom is -0.491 e. The summed E-state index contributed by atoms with van der Waals surface area (Å²) in [6.45, 7) is -0.137. The van der Waals surface area contributed by atoms with Gasteiger partial charge in [0.1, 0.15) is 5.75 Å². The smallest absolute Gasteiger partial charge is 0.389 e. The van der Waals surface area contributed by atoms with Crippen LogP contribution in [0.4, 0.5) is 18.9 Å². The predicted octanol–water partition coefficient (Wildman–Crippen LogP) is 2.39. The van der Waals surface area contributed by atoms with Crippen LogP contribution in [0, 0.1) is 0 Å². The maximum Gasteiger partial charge on any atom is 0.389 e. The number of hydrogen-bond acceptors (Lipinski definition) is 4. The number of nitrogen functional groups attached to an aromatic ring is 1. The number of sulfone groups is 1. The monoisotopic (exact) mass is 297 g/mol. The van der Waals surface area contributed by atoms with E-state index in [2.05, 4.69) is 0 Å². The summed E-state index contributed by atoms with van der Waals surface area (Å²) in [6, 6.07) is 3.85. The van der Waals surface area contributed by atoms with E-state index in [1.165, 1.54) is 18.2 Å². The van der Waals surface area contributed by atoms with Crippen LogP contribution < -0.4 is 10.5 Å². The van der Waals surface area contributed by atoms with Crippen LogP contribution in [0.2, 0.25) is 0 Å². The molecule has 0 heterocycles. The number of nitrogens with two attached hydrogens (primary N) is 1. The first-order valence-electron chi connectivity index (χ1n) is 5.39. The zero-order valence-electron chi connectivity index (χ0n) is 10.2. The third-order valence-electron chi connectivity index (χ3n) is 2.27. The molecule has 0 saturated carbocycles. The number of halogens is 3. The molecule has 0 radical (unpaired) electrons. The van der Waals surface area contributed by atoms with Gasteiger partial charge in [0.25, 0.3) is 0 Å². The van der Waals surface area contributed by atoms with Crippen molar-refractivity contribution in [2.75, 3.05) is 18.6 Å². The van der Waals surface area contributed by atoms with Gasteiger partial charge in [0.15, 0.2) is 9.84 Å². The molecule has 108 valence electrons. The fraction of sp³-hybridized carbons (Fsp3) is 0.455. The molecule has 0 amide bonds. The Labute approximate surface area is 109 Å². The van der Waals surface area contributed by atoms with Gasteiger partial charge in [-0.3, -0.25) is 0 Å². The maximum absolute atomic E-state index is 11.9. The van der Waals surface area contributed by atoms with Gasteiger partial charge in [0.2, 0.25) is 0 Å². The first kappa shape index (κ1) is 15.6. The van der Waals surface area contributed by atoms with Crippen LogP contribution in [0.3, 0.4) is 0 Å². The van der Waals surface area contributed by atoms with Gasteiger partial charge in [-0.15, -0.1) is 0 Å². The lowest BCUT2D eigenvalue weighted by Crippen LogP contribution is -2.10. The largest absolute Gasteiger partial charge is 0.491 e. The molecule has 0 aromatic heterocycles. The molecule has 0 unspecified atom stereocenters. The van der Waals surface area contributed by atoms with Crippen molar-refractivity contribution >= 4 is 15.5 Å². The average molecular weight is 297 g/mol. The van der Waals surface area contributed by atoms with Crippen LogP contribution >= 0.6 is 0 Å². The Morgan fingerprint density at radius 2 is 1.95 bits per heavy atom. The molecule has 19 heavy (non-hydrogen) atoms. The van der Waals surface area contributed by atoms with Crippen LogP contribution in [0.5, 0.6) is 5.75 Å². The molecule has 0 fully saturated rings. The van der Waals surface area contributed by atoms with Gasteiger partial charge >= 0.3 is 6.18 Å². The van der Waals surface area contributed by atoms with Crippen molar-refractivity contribution in [2.45, 2.75) is 23.9 Å². The highest BCUT2D eigenvalue weighted by Crippen LogP contribution is 2.26. The first-order valence-corrected chi connectivity index (χ1v) is 7.28. The molecule has 0 aliphatic heterocycles. The summed E-state index contributed by atoms with van der Waals surface area (Å²) in [7, 11) is -3.37. The van der Waals surface area contributed by atoms with E-state index in [1.807, 2.05) is 0 Å². The highest BCUT2D eigenvalue weighted by Gasteiger charge is 2.26. The molecule has 1 aromatic rings. The lowest BCUT2D eigenvalue weighted by molar-refractivity contribution is -0.136. The third-order valence-corrected chi connectivity index (χ3v) is 3.38. The molecule has 0 bridgehead atoms. The lowest BCUT2D eigenvalue weighted by Gasteiger charge is -2.10. The fourth-order valence-electron chi connectivity index (χ4n) is 1.34. The second kappa shape index (κ2) is 5.68. The van der Waals surface area contributed by atoms with Crippen LogP contribution in [-0.2, 0) is 9.84 Å². The Balaban J connectivity index is 2.61. The van der Waals surface area contributed by atoms with Gasteiger partial charge in [-0.2, -0.15) is 13.2 Å². The van der Waals surface area contributed by atoms with E-state index in [9.17, 15) is 21.6 Å².